The second-order valence-electron chi connectivity index (χ2n) is 6.09. The molecule has 1 unspecified atom stereocenters. The maximum absolute atomic E-state index is 11.8. The van der Waals surface area contributed by atoms with Crippen molar-refractivity contribution in [1.82, 2.24) is 5.32 Å². The molecule has 4 heteroatoms. The van der Waals surface area contributed by atoms with Crippen LogP contribution in [0.3, 0.4) is 0 Å². The number of amides is 1. The molecule has 1 atom stereocenters. The third-order valence-electron chi connectivity index (χ3n) is 2.76. The quantitative estimate of drug-likeness (QED) is 0.862. The van der Waals surface area contributed by atoms with Crippen molar-refractivity contribution in [2.45, 2.75) is 53.1 Å². The van der Waals surface area contributed by atoms with Gasteiger partial charge in [-0.3, -0.25) is 4.79 Å². The zero-order chi connectivity index (χ0) is 13.8. The van der Waals surface area contributed by atoms with Crippen molar-refractivity contribution in [3.05, 3.63) is 21.9 Å². The van der Waals surface area contributed by atoms with Gasteiger partial charge in [-0.2, -0.15) is 11.3 Å². The zero-order valence-electron chi connectivity index (χ0n) is 11.7. The molecule has 3 N–H and O–H groups in total. The summed E-state index contributed by atoms with van der Waals surface area (Å²) in [5, 5.41) is 7.09. The molecule has 18 heavy (non-hydrogen) atoms. The van der Waals surface area contributed by atoms with Gasteiger partial charge in [0.2, 0.25) is 5.91 Å². The number of hydrogen-bond acceptors (Lipinski definition) is 3. The highest BCUT2D eigenvalue weighted by molar-refractivity contribution is 7.08. The molecule has 1 amide bonds. The predicted octanol–water partition coefficient (Wildman–Crippen LogP) is 2.83. The minimum atomic E-state index is -0.0615. The molecule has 1 rings (SSSR count). The van der Waals surface area contributed by atoms with Gasteiger partial charge in [0.05, 0.1) is 0 Å². The largest absolute Gasteiger partial charge is 0.352 e. The summed E-state index contributed by atoms with van der Waals surface area (Å²) >= 11 is 1.66. The van der Waals surface area contributed by atoms with Gasteiger partial charge in [-0.1, -0.05) is 20.8 Å². The maximum atomic E-state index is 11.8. The number of nitrogens with two attached hydrogens (primary N) is 1. The molecule has 0 aliphatic heterocycles. The first-order chi connectivity index (χ1) is 8.28. The molecule has 0 saturated carbocycles. The Hall–Kier alpha value is -0.870. The molecular weight excluding hydrogens is 244 g/mol. The normalized spacial score (nSPS) is 13.4. The molecular formula is C14H24N2OS. The highest BCUT2D eigenvalue weighted by Gasteiger charge is 2.18. The van der Waals surface area contributed by atoms with Crippen LogP contribution in [0.4, 0.5) is 0 Å². The average molecular weight is 268 g/mol. The molecule has 0 radical (unpaired) electrons. The first-order valence-corrected chi connectivity index (χ1v) is 7.26. The Morgan fingerprint density at radius 1 is 1.44 bits per heavy atom. The molecule has 0 aliphatic rings. The Kier molecular flexibility index (Phi) is 5.35. The lowest BCUT2D eigenvalue weighted by molar-refractivity contribution is -0.121. The monoisotopic (exact) mass is 268 g/mol. The molecule has 0 aliphatic carbocycles. The van der Waals surface area contributed by atoms with Crippen LogP contribution in [0.1, 0.15) is 44.7 Å². The number of nitrogens with one attached hydrogen (secondary N) is 1. The highest BCUT2D eigenvalue weighted by atomic mass is 32.1. The number of carbonyl (C=O) groups excluding carboxylic acids is 1. The predicted molar refractivity (Wildman–Crippen MR) is 77.6 cm³/mol. The molecule has 1 heterocycles. The van der Waals surface area contributed by atoms with E-state index in [1.165, 1.54) is 11.1 Å². The summed E-state index contributed by atoms with van der Waals surface area (Å²) in [4.78, 5) is 11.8. The van der Waals surface area contributed by atoms with E-state index in [4.69, 9.17) is 5.73 Å². The smallest absolute Gasteiger partial charge is 0.221 e. The van der Waals surface area contributed by atoms with E-state index in [0.717, 1.165) is 6.42 Å². The lowest BCUT2D eigenvalue weighted by Gasteiger charge is -2.22. The number of carbonyl (C=O) groups is 1. The van der Waals surface area contributed by atoms with Crippen molar-refractivity contribution < 1.29 is 4.79 Å². The van der Waals surface area contributed by atoms with Crippen LogP contribution in [0.25, 0.3) is 0 Å². The van der Waals surface area contributed by atoms with Crippen LogP contribution in [-0.2, 0) is 11.3 Å². The van der Waals surface area contributed by atoms with Crippen LogP contribution in [0.2, 0.25) is 0 Å². The second-order valence-corrected chi connectivity index (χ2v) is 6.83. The summed E-state index contributed by atoms with van der Waals surface area (Å²) in [5.74, 6) is 0.0392. The van der Waals surface area contributed by atoms with Crippen molar-refractivity contribution in [3.63, 3.8) is 0 Å². The van der Waals surface area contributed by atoms with Crippen molar-refractivity contribution in [2.75, 3.05) is 0 Å². The fourth-order valence-electron chi connectivity index (χ4n) is 1.93. The molecule has 0 bridgehead atoms. The minimum absolute atomic E-state index is 0.0392. The second kappa shape index (κ2) is 6.34. The summed E-state index contributed by atoms with van der Waals surface area (Å²) in [6.07, 6.45) is 1.26. The Balaban J connectivity index is 2.32. The fourth-order valence-corrected chi connectivity index (χ4v) is 2.79. The van der Waals surface area contributed by atoms with Crippen molar-refractivity contribution in [2.24, 2.45) is 11.1 Å². The van der Waals surface area contributed by atoms with E-state index in [2.05, 4.69) is 43.8 Å². The lowest BCUT2D eigenvalue weighted by atomic mass is 9.87. The van der Waals surface area contributed by atoms with Gasteiger partial charge in [0.15, 0.2) is 0 Å². The summed E-state index contributed by atoms with van der Waals surface area (Å²) in [5.41, 5.74) is 8.58. The van der Waals surface area contributed by atoms with E-state index in [-0.39, 0.29) is 17.4 Å². The summed E-state index contributed by atoms with van der Waals surface area (Å²) in [6, 6.07) is -0.0615. The van der Waals surface area contributed by atoms with E-state index >= 15 is 0 Å². The molecule has 3 nitrogen and oxygen atoms in total. The third-order valence-corrected chi connectivity index (χ3v) is 3.67. The van der Waals surface area contributed by atoms with Gasteiger partial charge in [-0.25, -0.2) is 0 Å². The average Bonchev–Trinajstić information content (AvgIpc) is 2.57. The summed E-state index contributed by atoms with van der Waals surface area (Å²) in [6.45, 7) is 9.08. The van der Waals surface area contributed by atoms with Gasteiger partial charge in [-0.05, 0) is 40.6 Å². The first-order valence-electron chi connectivity index (χ1n) is 6.32. The standard InChI is InChI=1S/C14H24N2OS/c1-10-8-18-9-11(10)7-16-13(17)5-12(15)6-14(2,3)4/h8-9,12H,5-7,15H2,1-4H3,(H,16,17). The Labute approximate surface area is 114 Å². The Morgan fingerprint density at radius 2 is 2.11 bits per heavy atom. The topological polar surface area (TPSA) is 55.1 Å². The van der Waals surface area contributed by atoms with E-state index in [0.29, 0.717) is 13.0 Å². The van der Waals surface area contributed by atoms with Gasteiger partial charge < -0.3 is 11.1 Å². The van der Waals surface area contributed by atoms with E-state index in [9.17, 15) is 4.79 Å². The Morgan fingerprint density at radius 3 is 2.61 bits per heavy atom. The lowest BCUT2D eigenvalue weighted by Crippen LogP contribution is -2.34. The highest BCUT2D eigenvalue weighted by Crippen LogP contribution is 2.21. The van der Waals surface area contributed by atoms with E-state index < -0.39 is 0 Å². The van der Waals surface area contributed by atoms with Gasteiger partial charge >= 0.3 is 0 Å². The van der Waals surface area contributed by atoms with E-state index in [1.807, 2.05) is 0 Å². The Bertz CT molecular complexity index is 393. The first kappa shape index (κ1) is 15.2. The van der Waals surface area contributed by atoms with E-state index in [1.54, 1.807) is 11.3 Å². The molecule has 102 valence electrons. The van der Waals surface area contributed by atoms with Crippen LogP contribution in [-0.4, -0.2) is 11.9 Å². The van der Waals surface area contributed by atoms with Gasteiger partial charge in [-0.15, -0.1) is 0 Å². The van der Waals surface area contributed by atoms with Crippen LogP contribution in [0, 0.1) is 12.3 Å². The maximum Gasteiger partial charge on any atom is 0.221 e. The molecule has 0 fully saturated rings. The van der Waals surface area contributed by atoms with Crippen molar-refractivity contribution >= 4 is 17.2 Å². The molecule has 0 saturated heterocycles. The number of rotatable bonds is 5. The summed E-state index contributed by atoms with van der Waals surface area (Å²) in [7, 11) is 0. The SMILES string of the molecule is Cc1cscc1CNC(=O)CC(N)CC(C)(C)C. The number of aryl methyl sites for hydroxylation is 1. The zero-order valence-corrected chi connectivity index (χ0v) is 12.6. The van der Waals surface area contributed by atoms with Crippen LogP contribution >= 0.6 is 11.3 Å². The van der Waals surface area contributed by atoms with Gasteiger partial charge in [0.25, 0.3) is 0 Å². The van der Waals surface area contributed by atoms with Crippen molar-refractivity contribution in [1.29, 1.82) is 0 Å². The third kappa shape index (κ3) is 5.65. The van der Waals surface area contributed by atoms with Crippen LogP contribution < -0.4 is 11.1 Å². The fraction of sp³-hybridized carbons (Fsp3) is 0.643. The molecule has 0 aromatic carbocycles. The number of thiophene rings is 1. The summed E-state index contributed by atoms with van der Waals surface area (Å²) < 4.78 is 0. The van der Waals surface area contributed by atoms with Crippen LogP contribution in [0.5, 0.6) is 0 Å². The minimum Gasteiger partial charge on any atom is -0.352 e. The van der Waals surface area contributed by atoms with Crippen LogP contribution in [0.15, 0.2) is 10.8 Å². The van der Waals surface area contributed by atoms with Crippen molar-refractivity contribution in [3.8, 4) is 0 Å². The molecule has 0 spiro atoms. The van der Waals surface area contributed by atoms with Gasteiger partial charge in [0.1, 0.15) is 0 Å². The molecule has 1 aromatic rings. The number of hydrogen-bond donors (Lipinski definition) is 2. The molecule has 1 aromatic heterocycles. The van der Waals surface area contributed by atoms with Gasteiger partial charge in [0, 0.05) is 19.0 Å².